The Kier molecular flexibility index (Phi) is 81.3. The zero-order valence-electron chi connectivity index (χ0n) is 63.5. The second-order valence-electron chi connectivity index (χ2n) is 29.9. The summed E-state index contributed by atoms with van der Waals surface area (Å²) >= 11 is 0. The highest BCUT2D eigenvalue weighted by molar-refractivity contribution is 5.76. The van der Waals surface area contributed by atoms with Crippen molar-refractivity contribution in [2.45, 2.75) is 508 Å². The van der Waals surface area contributed by atoms with Gasteiger partial charge >= 0.3 is 5.97 Å². The first-order valence-electron chi connectivity index (χ1n) is 43.1. The van der Waals surface area contributed by atoms with Crippen molar-refractivity contribution in [3.8, 4) is 0 Å². The number of ether oxygens (including phenoxy) is 1. The number of carbonyl (C=O) groups excluding carboxylic acids is 2. The first-order chi connectivity index (χ1) is 46.0. The van der Waals surface area contributed by atoms with Crippen LogP contribution in [0.3, 0.4) is 0 Å². The Balaban J connectivity index is 3.30. The fraction of sp³-hybridized carbons (Fsp3) is 0.931. The molecule has 0 saturated carbocycles. The first-order valence-corrected chi connectivity index (χ1v) is 43.1. The Labute approximate surface area is 583 Å². The maximum absolute atomic E-state index is 12.5. The lowest BCUT2D eigenvalue weighted by atomic mass is 10.0. The Morgan fingerprint density at radius 1 is 0.290 bits per heavy atom. The minimum Gasteiger partial charge on any atom is -0.466 e. The van der Waals surface area contributed by atoms with Gasteiger partial charge in [-0.2, -0.15) is 0 Å². The average molecular weight is 1310 g/mol. The summed E-state index contributed by atoms with van der Waals surface area (Å²) in [5.74, 6) is -0.0350. The molecule has 0 radical (unpaired) electrons. The molecule has 3 N–H and O–H groups in total. The van der Waals surface area contributed by atoms with Crippen LogP contribution in [0.15, 0.2) is 24.3 Å². The van der Waals surface area contributed by atoms with Crippen molar-refractivity contribution in [2.75, 3.05) is 13.2 Å². The van der Waals surface area contributed by atoms with Crippen LogP contribution in [0.2, 0.25) is 0 Å². The molecule has 0 aliphatic rings. The van der Waals surface area contributed by atoms with E-state index in [9.17, 15) is 19.8 Å². The molecule has 2 unspecified atom stereocenters. The third-order valence-electron chi connectivity index (χ3n) is 20.5. The van der Waals surface area contributed by atoms with E-state index in [-0.39, 0.29) is 18.5 Å². The van der Waals surface area contributed by atoms with Crippen molar-refractivity contribution < 1.29 is 24.5 Å². The van der Waals surface area contributed by atoms with Crippen LogP contribution in [-0.2, 0) is 14.3 Å². The van der Waals surface area contributed by atoms with Gasteiger partial charge < -0.3 is 20.3 Å². The Hall–Kier alpha value is -1.66. The summed E-state index contributed by atoms with van der Waals surface area (Å²) in [6.07, 6.45) is 108. The molecule has 0 fully saturated rings. The molecule has 2 atom stereocenters. The summed E-state index contributed by atoms with van der Waals surface area (Å²) in [6, 6.07) is -0.624. The molecular formula is C87H169NO5. The van der Waals surface area contributed by atoms with E-state index in [4.69, 9.17) is 4.74 Å². The van der Waals surface area contributed by atoms with Crippen molar-refractivity contribution in [1.29, 1.82) is 0 Å². The van der Waals surface area contributed by atoms with Gasteiger partial charge in [0.1, 0.15) is 0 Å². The summed E-state index contributed by atoms with van der Waals surface area (Å²) in [7, 11) is 0. The molecule has 0 aromatic carbocycles. The van der Waals surface area contributed by atoms with Crippen LogP contribution >= 0.6 is 0 Å². The van der Waals surface area contributed by atoms with Gasteiger partial charge in [0, 0.05) is 12.8 Å². The number of aliphatic hydroxyl groups excluding tert-OH is 2. The summed E-state index contributed by atoms with van der Waals surface area (Å²) in [5, 5.41) is 23.3. The predicted octanol–water partition coefficient (Wildman–Crippen LogP) is 28.8. The Morgan fingerprint density at radius 3 is 0.763 bits per heavy atom. The molecule has 0 heterocycles. The summed E-state index contributed by atoms with van der Waals surface area (Å²) in [4.78, 5) is 24.7. The van der Waals surface area contributed by atoms with Crippen LogP contribution in [0.1, 0.15) is 495 Å². The highest BCUT2D eigenvalue weighted by Crippen LogP contribution is 2.21. The molecule has 0 saturated heterocycles. The second kappa shape index (κ2) is 82.8. The van der Waals surface area contributed by atoms with Gasteiger partial charge in [-0.1, -0.05) is 449 Å². The molecule has 0 aromatic heterocycles. The van der Waals surface area contributed by atoms with Crippen molar-refractivity contribution >= 4 is 11.9 Å². The van der Waals surface area contributed by atoms with Crippen LogP contribution < -0.4 is 5.32 Å². The van der Waals surface area contributed by atoms with Gasteiger partial charge in [0.2, 0.25) is 5.91 Å². The number of hydrogen-bond acceptors (Lipinski definition) is 5. The van der Waals surface area contributed by atoms with E-state index in [0.717, 1.165) is 38.5 Å². The van der Waals surface area contributed by atoms with Gasteiger partial charge in [-0.25, -0.2) is 0 Å². The SMILES string of the molecule is CCCCCCCCC/C=C\CCCCCCCCCC(=O)OCCCCCCCCCCCCCCCCCCCCCCCCCCCCCCCCCCCCCCCCCC(=O)NC(CO)C(O)/C=C/CCCCCCCCCCCCCCCCCCC. The van der Waals surface area contributed by atoms with Crippen LogP contribution in [0.25, 0.3) is 0 Å². The van der Waals surface area contributed by atoms with E-state index in [1.54, 1.807) is 6.08 Å². The molecular weight excluding hydrogens is 1140 g/mol. The zero-order chi connectivity index (χ0) is 67.0. The van der Waals surface area contributed by atoms with Gasteiger partial charge in [0.05, 0.1) is 25.4 Å². The fourth-order valence-electron chi connectivity index (χ4n) is 13.9. The van der Waals surface area contributed by atoms with E-state index in [1.807, 2.05) is 6.08 Å². The third-order valence-corrected chi connectivity index (χ3v) is 20.5. The average Bonchev–Trinajstić information content (AvgIpc) is 3.74. The minimum absolute atomic E-state index is 0.0221. The monoisotopic (exact) mass is 1310 g/mol. The van der Waals surface area contributed by atoms with Crippen LogP contribution in [-0.4, -0.2) is 47.4 Å². The van der Waals surface area contributed by atoms with Gasteiger partial charge in [-0.3, -0.25) is 9.59 Å². The van der Waals surface area contributed by atoms with Crippen LogP contribution in [0.5, 0.6) is 0 Å². The van der Waals surface area contributed by atoms with Gasteiger partial charge in [0.15, 0.2) is 0 Å². The summed E-state index contributed by atoms with van der Waals surface area (Å²) in [5.41, 5.74) is 0. The first kappa shape index (κ1) is 91.3. The minimum atomic E-state index is -0.841. The van der Waals surface area contributed by atoms with Gasteiger partial charge in [0.25, 0.3) is 0 Å². The maximum atomic E-state index is 12.5. The van der Waals surface area contributed by atoms with E-state index < -0.39 is 12.1 Å². The largest absolute Gasteiger partial charge is 0.466 e. The topological polar surface area (TPSA) is 95.9 Å². The Bertz CT molecular complexity index is 1460. The maximum Gasteiger partial charge on any atom is 0.305 e. The molecule has 0 spiro atoms. The molecule has 6 heteroatoms. The highest BCUT2D eigenvalue weighted by Gasteiger charge is 2.18. The molecule has 0 aliphatic heterocycles. The quantitative estimate of drug-likeness (QED) is 0.0320. The van der Waals surface area contributed by atoms with Crippen molar-refractivity contribution in [3.63, 3.8) is 0 Å². The van der Waals surface area contributed by atoms with E-state index in [1.165, 1.54) is 430 Å². The lowest BCUT2D eigenvalue weighted by Gasteiger charge is -2.20. The van der Waals surface area contributed by atoms with Crippen LogP contribution in [0.4, 0.5) is 0 Å². The Morgan fingerprint density at radius 2 is 0.505 bits per heavy atom. The third kappa shape index (κ3) is 79.2. The number of amides is 1. The molecule has 1 amide bonds. The van der Waals surface area contributed by atoms with E-state index in [0.29, 0.717) is 19.4 Å². The number of allylic oxidation sites excluding steroid dienone is 3. The van der Waals surface area contributed by atoms with E-state index >= 15 is 0 Å². The summed E-state index contributed by atoms with van der Waals surface area (Å²) in [6.45, 7) is 4.96. The number of hydrogen-bond donors (Lipinski definition) is 3. The molecule has 552 valence electrons. The van der Waals surface area contributed by atoms with Gasteiger partial charge in [-0.15, -0.1) is 0 Å². The molecule has 0 bridgehead atoms. The van der Waals surface area contributed by atoms with Crippen molar-refractivity contribution in [2.24, 2.45) is 0 Å². The highest BCUT2D eigenvalue weighted by atomic mass is 16.5. The zero-order valence-corrected chi connectivity index (χ0v) is 63.5. The fourth-order valence-corrected chi connectivity index (χ4v) is 13.9. The molecule has 0 aromatic rings. The number of rotatable bonds is 82. The predicted molar refractivity (Wildman–Crippen MR) is 412 cm³/mol. The number of nitrogens with one attached hydrogen (secondary N) is 1. The number of aliphatic hydroxyl groups is 2. The molecule has 93 heavy (non-hydrogen) atoms. The van der Waals surface area contributed by atoms with Crippen molar-refractivity contribution in [3.05, 3.63) is 24.3 Å². The second-order valence-corrected chi connectivity index (χ2v) is 29.9. The smallest absolute Gasteiger partial charge is 0.305 e. The molecule has 0 rings (SSSR count). The summed E-state index contributed by atoms with van der Waals surface area (Å²) < 4.78 is 5.52. The van der Waals surface area contributed by atoms with Crippen molar-refractivity contribution in [1.82, 2.24) is 5.32 Å². The number of esters is 1. The number of carbonyl (C=O) groups is 2. The number of unbranched alkanes of at least 4 members (excludes halogenated alkanes) is 69. The molecule has 6 nitrogen and oxygen atoms in total. The standard InChI is InChI=1S/C87H169NO5/c1-3-5-7-9-11-13-15-17-19-21-44-47-51-55-59-63-67-71-75-79-85(90)84(83-89)88-86(91)80-76-72-68-64-60-56-52-48-45-42-40-38-36-34-32-30-28-26-24-23-25-27-29-31-33-35-37-39-41-43-46-50-54-58-62-66-70-74-78-82-93-87(92)81-77-73-69-65-61-57-53-49-22-20-18-16-14-12-10-8-6-4-2/h20,22,75,79,84-85,89-90H,3-19,21,23-74,76-78,80-83H2,1-2H3,(H,88,91)/b22-20-,79-75+. The molecule has 0 aliphatic carbocycles. The van der Waals surface area contributed by atoms with Gasteiger partial charge in [-0.05, 0) is 57.8 Å². The lowest BCUT2D eigenvalue weighted by molar-refractivity contribution is -0.143. The lowest BCUT2D eigenvalue weighted by Crippen LogP contribution is -2.45. The normalized spacial score (nSPS) is 12.5. The van der Waals surface area contributed by atoms with E-state index in [2.05, 4.69) is 31.3 Å². The van der Waals surface area contributed by atoms with Crippen LogP contribution in [0, 0.1) is 0 Å².